The van der Waals surface area contributed by atoms with Gasteiger partial charge in [0.1, 0.15) is 0 Å². The first kappa shape index (κ1) is 10.6. The highest BCUT2D eigenvalue weighted by Gasteiger charge is 2.10. The van der Waals surface area contributed by atoms with Gasteiger partial charge in [-0.15, -0.1) is 24.2 Å². The Morgan fingerprint density at radius 2 is 2.40 bits per heavy atom. The zero-order chi connectivity index (χ0) is 6.53. The van der Waals surface area contributed by atoms with Crippen LogP contribution in [0.4, 0.5) is 0 Å². The van der Waals surface area contributed by atoms with E-state index in [4.69, 9.17) is 0 Å². The van der Waals surface area contributed by atoms with Gasteiger partial charge in [-0.2, -0.15) is 0 Å². The van der Waals surface area contributed by atoms with Crippen molar-refractivity contribution in [1.29, 1.82) is 0 Å². The molecule has 1 nitrogen and oxygen atoms in total. The molecule has 10 heavy (non-hydrogen) atoms. The number of rotatable bonds is 2. The summed E-state index contributed by atoms with van der Waals surface area (Å²) in [4.78, 5) is 0. The molecule has 0 bridgehead atoms. The number of nitrogens with one attached hydrogen (secondary N) is 1. The Morgan fingerprint density at radius 1 is 1.60 bits per heavy atom. The summed E-state index contributed by atoms with van der Waals surface area (Å²) in [5, 5.41) is 4.25. The van der Waals surface area contributed by atoms with Crippen LogP contribution in [-0.4, -0.2) is 17.7 Å². The van der Waals surface area contributed by atoms with Crippen molar-refractivity contribution in [1.82, 2.24) is 5.32 Å². The van der Waals surface area contributed by atoms with E-state index in [1.165, 1.54) is 31.6 Å². The second kappa shape index (κ2) is 6.32. The molecule has 62 valence electrons. The second-order valence-corrected chi connectivity index (χ2v) is 3.77. The van der Waals surface area contributed by atoms with Gasteiger partial charge >= 0.3 is 0 Å². The molecule has 0 aromatic heterocycles. The predicted molar refractivity (Wildman–Crippen MR) is 51.0 cm³/mol. The first-order valence-corrected chi connectivity index (χ1v) is 4.83. The first-order valence-electron chi connectivity index (χ1n) is 3.78. The third-order valence-electron chi connectivity index (χ3n) is 1.56. The lowest BCUT2D eigenvalue weighted by Crippen LogP contribution is -2.31. The first-order chi connectivity index (χ1) is 4.43. The molecule has 0 saturated carbocycles. The van der Waals surface area contributed by atoms with Crippen molar-refractivity contribution in [3.05, 3.63) is 0 Å². The summed E-state index contributed by atoms with van der Waals surface area (Å²) in [6.45, 7) is 3.48. The molecule has 0 aliphatic carbocycles. The maximum Gasteiger partial charge on any atom is 0.0532 e. The third-order valence-corrected chi connectivity index (χ3v) is 2.89. The molecule has 0 amide bonds. The molecule has 1 atom stereocenters. The van der Waals surface area contributed by atoms with Crippen LogP contribution in [0.15, 0.2) is 0 Å². The van der Waals surface area contributed by atoms with E-state index in [-0.39, 0.29) is 12.4 Å². The van der Waals surface area contributed by atoms with Crippen molar-refractivity contribution in [2.75, 3.05) is 12.3 Å². The summed E-state index contributed by atoms with van der Waals surface area (Å²) in [6, 6.07) is 0. The van der Waals surface area contributed by atoms with Crippen molar-refractivity contribution in [3.63, 3.8) is 0 Å². The minimum absolute atomic E-state index is 0. The fraction of sp³-hybridized carbons (Fsp3) is 1.00. The Labute approximate surface area is 73.7 Å². The molecule has 3 heteroatoms. The van der Waals surface area contributed by atoms with Crippen LogP contribution in [0.25, 0.3) is 0 Å². The molecule has 1 aliphatic rings. The molecule has 1 N–H and O–H groups in total. The second-order valence-electron chi connectivity index (χ2n) is 2.46. The van der Waals surface area contributed by atoms with Crippen LogP contribution in [0.5, 0.6) is 0 Å². The lowest BCUT2D eigenvalue weighted by Gasteiger charge is -2.21. The molecule has 0 aromatic rings. The molecule has 1 fully saturated rings. The zero-order valence-corrected chi connectivity index (χ0v) is 8.06. The standard InChI is InChI=1S/C7H15NS.ClH/c1-2-4-7-8-5-3-6-9-7;/h7-8H,2-6H2,1H3;1H. The Hall–Kier alpha value is 0.600. The summed E-state index contributed by atoms with van der Waals surface area (Å²) >= 11 is 2.08. The van der Waals surface area contributed by atoms with Crippen LogP contribution in [0.2, 0.25) is 0 Å². The van der Waals surface area contributed by atoms with E-state index in [2.05, 4.69) is 24.0 Å². The molecular weight excluding hydrogens is 166 g/mol. The van der Waals surface area contributed by atoms with Crippen molar-refractivity contribution < 1.29 is 0 Å². The minimum atomic E-state index is 0. The van der Waals surface area contributed by atoms with E-state index in [0.717, 1.165) is 5.37 Å². The van der Waals surface area contributed by atoms with Crippen LogP contribution < -0.4 is 5.32 Å². The summed E-state index contributed by atoms with van der Waals surface area (Å²) in [6.07, 6.45) is 4.00. The van der Waals surface area contributed by atoms with Gasteiger partial charge < -0.3 is 5.32 Å². The SMILES string of the molecule is CCCC1NCCCS1.Cl. The molecule has 1 unspecified atom stereocenters. The molecule has 0 aromatic carbocycles. The van der Waals surface area contributed by atoms with E-state index in [1.54, 1.807) is 0 Å². The number of halogens is 1. The lowest BCUT2D eigenvalue weighted by molar-refractivity contribution is 0.581. The maximum absolute atomic E-state index is 3.48. The molecule has 0 radical (unpaired) electrons. The van der Waals surface area contributed by atoms with Gasteiger partial charge in [0, 0.05) is 0 Å². The molecule has 1 saturated heterocycles. The van der Waals surface area contributed by atoms with Gasteiger partial charge in [-0.3, -0.25) is 0 Å². The van der Waals surface area contributed by atoms with Crippen LogP contribution in [0.1, 0.15) is 26.2 Å². The quantitative estimate of drug-likeness (QED) is 0.702. The van der Waals surface area contributed by atoms with E-state index < -0.39 is 0 Å². The highest BCUT2D eigenvalue weighted by atomic mass is 35.5. The Morgan fingerprint density at radius 3 is 2.90 bits per heavy atom. The summed E-state index contributed by atoms with van der Waals surface area (Å²) in [5.41, 5.74) is 0. The highest BCUT2D eigenvalue weighted by molar-refractivity contribution is 7.99. The normalized spacial score (nSPS) is 25.5. The maximum atomic E-state index is 3.48. The van der Waals surface area contributed by atoms with Crippen LogP contribution in [0, 0.1) is 0 Å². The average Bonchev–Trinajstić information content (AvgIpc) is 1.91. The molecular formula is C7H16ClNS. The van der Waals surface area contributed by atoms with Gasteiger partial charge in [-0.1, -0.05) is 13.3 Å². The van der Waals surface area contributed by atoms with E-state index in [9.17, 15) is 0 Å². The van der Waals surface area contributed by atoms with E-state index in [1.807, 2.05) is 0 Å². The fourth-order valence-corrected chi connectivity index (χ4v) is 2.30. The summed E-state index contributed by atoms with van der Waals surface area (Å²) < 4.78 is 0. The van der Waals surface area contributed by atoms with Crippen LogP contribution in [-0.2, 0) is 0 Å². The van der Waals surface area contributed by atoms with Crippen molar-refractivity contribution in [2.24, 2.45) is 0 Å². The van der Waals surface area contributed by atoms with Crippen molar-refractivity contribution in [3.8, 4) is 0 Å². The third kappa shape index (κ3) is 3.69. The van der Waals surface area contributed by atoms with E-state index >= 15 is 0 Å². The van der Waals surface area contributed by atoms with Crippen molar-refractivity contribution in [2.45, 2.75) is 31.6 Å². The minimum Gasteiger partial charge on any atom is -0.305 e. The van der Waals surface area contributed by atoms with Crippen LogP contribution >= 0.6 is 24.2 Å². The lowest BCUT2D eigenvalue weighted by atomic mass is 10.3. The van der Waals surface area contributed by atoms with Gasteiger partial charge in [0.25, 0.3) is 0 Å². The molecule has 0 spiro atoms. The number of thioether (sulfide) groups is 1. The van der Waals surface area contributed by atoms with Gasteiger partial charge in [0.15, 0.2) is 0 Å². The summed E-state index contributed by atoms with van der Waals surface area (Å²) in [7, 11) is 0. The van der Waals surface area contributed by atoms with Gasteiger partial charge in [-0.25, -0.2) is 0 Å². The van der Waals surface area contributed by atoms with E-state index in [0.29, 0.717) is 0 Å². The number of hydrogen-bond donors (Lipinski definition) is 1. The van der Waals surface area contributed by atoms with Gasteiger partial charge in [0.2, 0.25) is 0 Å². The van der Waals surface area contributed by atoms with Crippen molar-refractivity contribution >= 4 is 24.2 Å². The summed E-state index contributed by atoms with van der Waals surface area (Å²) in [5.74, 6) is 1.36. The topological polar surface area (TPSA) is 12.0 Å². The number of hydrogen-bond acceptors (Lipinski definition) is 2. The predicted octanol–water partition coefficient (Wildman–Crippen LogP) is 2.26. The van der Waals surface area contributed by atoms with Crippen LogP contribution in [0.3, 0.4) is 0 Å². The molecule has 1 heterocycles. The Kier molecular flexibility index (Phi) is 6.70. The smallest absolute Gasteiger partial charge is 0.0532 e. The Bertz CT molecular complexity index is 71.3. The monoisotopic (exact) mass is 181 g/mol. The Balaban J connectivity index is 0.000000810. The van der Waals surface area contributed by atoms with Gasteiger partial charge in [-0.05, 0) is 25.1 Å². The molecule has 1 rings (SSSR count). The average molecular weight is 182 g/mol. The molecule has 1 aliphatic heterocycles. The highest BCUT2D eigenvalue weighted by Crippen LogP contribution is 2.17. The fourth-order valence-electron chi connectivity index (χ4n) is 1.07. The van der Waals surface area contributed by atoms with Gasteiger partial charge in [0.05, 0.1) is 5.37 Å². The zero-order valence-electron chi connectivity index (χ0n) is 6.43. The largest absolute Gasteiger partial charge is 0.305 e.